The first-order chi connectivity index (χ1) is 14.6. The highest BCUT2D eigenvalue weighted by molar-refractivity contribution is 6.24. The van der Waals surface area contributed by atoms with Crippen LogP contribution in [0.15, 0.2) is 91.0 Å². The first-order valence-corrected chi connectivity index (χ1v) is 9.88. The van der Waals surface area contributed by atoms with Crippen molar-refractivity contribution in [1.82, 2.24) is 4.98 Å². The van der Waals surface area contributed by atoms with Gasteiger partial charge in [-0.3, -0.25) is 9.59 Å². The molecule has 5 rings (SSSR count). The molecule has 0 bridgehead atoms. The summed E-state index contributed by atoms with van der Waals surface area (Å²) in [5.41, 5.74) is 4.69. The molecule has 4 aromatic carbocycles. The van der Waals surface area contributed by atoms with Crippen molar-refractivity contribution in [2.45, 2.75) is 6.92 Å². The molecule has 1 heterocycles. The molecule has 0 unspecified atom stereocenters. The molecule has 1 aromatic heterocycles. The summed E-state index contributed by atoms with van der Waals surface area (Å²) in [4.78, 5) is 30.4. The Morgan fingerprint density at radius 1 is 0.667 bits per heavy atom. The standard InChI is InChI=1S/C27H19NO2/c1-17-24(27(30)19-12-6-3-7-13-19)22(26(29)18-10-4-2-5-11-18)16-21-20-14-8-9-15-23(20)28-25(17)21/h2-16,28H,1H3. The number of benzene rings is 4. The third-order valence-corrected chi connectivity index (χ3v) is 5.60. The minimum atomic E-state index is -0.148. The number of nitrogens with one attached hydrogen (secondary N) is 1. The predicted octanol–water partition coefficient (Wildman–Crippen LogP) is 6.09. The van der Waals surface area contributed by atoms with Gasteiger partial charge in [0.05, 0.1) is 5.52 Å². The maximum absolute atomic E-state index is 13.5. The number of para-hydroxylation sites is 1. The van der Waals surface area contributed by atoms with Gasteiger partial charge in [0.1, 0.15) is 0 Å². The summed E-state index contributed by atoms with van der Waals surface area (Å²) < 4.78 is 0. The highest BCUT2D eigenvalue weighted by Crippen LogP contribution is 2.33. The molecular formula is C27H19NO2. The number of rotatable bonds is 4. The molecule has 144 valence electrons. The molecule has 0 aliphatic rings. The number of ketones is 2. The van der Waals surface area contributed by atoms with E-state index in [0.717, 1.165) is 27.4 Å². The molecule has 0 radical (unpaired) electrons. The quantitative estimate of drug-likeness (QED) is 0.378. The van der Waals surface area contributed by atoms with Crippen molar-refractivity contribution in [2.75, 3.05) is 0 Å². The Bertz CT molecular complexity index is 1410. The van der Waals surface area contributed by atoms with E-state index >= 15 is 0 Å². The lowest BCUT2D eigenvalue weighted by Gasteiger charge is -2.13. The molecule has 0 spiro atoms. The Morgan fingerprint density at radius 3 is 1.90 bits per heavy atom. The maximum Gasteiger partial charge on any atom is 0.194 e. The van der Waals surface area contributed by atoms with Crippen LogP contribution in [0.3, 0.4) is 0 Å². The topological polar surface area (TPSA) is 49.9 Å². The number of hydrogen-bond donors (Lipinski definition) is 1. The Labute approximate surface area is 174 Å². The summed E-state index contributed by atoms with van der Waals surface area (Å²) in [7, 11) is 0. The average Bonchev–Trinajstić information content (AvgIpc) is 3.18. The van der Waals surface area contributed by atoms with E-state index in [1.54, 1.807) is 24.3 Å². The number of aromatic nitrogens is 1. The smallest absolute Gasteiger partial charge is 0.194 e. The second-order valence-electron chi connectivity index (χ2n) is 7.41. The third kappa shape index (κ3) is 2.83. The van der Waals surface area contributed by atoms with Crippen molar-refractivity contribution in [3.8, 4) is 0 Å². The summed E-state index contributed by atoms with van der Waals surface area (Å²) in [5, 5.41) is 1.99. The van der Waals surface area contributed by atoms with Crippen LogP contribution in [0.25, 0.3) is 21.8 Å². The average molecular weight is 389 g/mol. The lowest BCUT2D eigenvalue weighted by atomic mass is 9.88. The lowest BCUT2D eigenvalue weighted by molar-refractivity contribution is 0.100. The molecule has 0 amide bonds. The predicted molar refractivity (Wildman–Crippen MR) is 120 cm³/mol. The molecule has 0 fully saturated rings. The molecular weight excluding hydrogens is 370 g/mol. The number of carbonyl (C=O) groups is 2. The fourth-order valence-corrected chi connectivity index (χ4v) is 4.10. The normalized spacial score (nSPS) is 11.1. The van der Waals surface area contributed by atoms with Gasteiger partial charge in [-0.25, -0.2) is 0 Å². The van der Waals surface area contributed by atoms with E-state index in [1.807, 2.05) is 73.7 Å². The summed E-state index contributed by atoms with van der Waals surface area (Å²) in [6, 6.07) is 28.1. The van der Waals surface area contributed by atoms with Crippen molar-refractivity contribution in [3.63, 3.8) is 0 Å². The largest absolute Gasteiger partial charge is 0.354 e. The van der Waals surface area contributed by atoms with Crippen molar-refractivity contribution in [1.29, 1.82) is 0 Å². The van der Waals surface area contributed by atoms with Crippen LogP contribution in [-0.4, -0.2) is 16.6 Å². The van der Waals surface area contributed by atoms with E-state index in [2.05, 4.69) is 4.98 Å². The molecule has 3 heteroatoms. The van der Waals surface area contributed by atoms with E-state index in [1.165, 1.54) is 0 Å². The minimum absolute atomic E-state index is 0.145. The van der Waals surface area contributed by atoms with E-state index in [4.69, 9.17) is 0 Å². The van der Waals surface area contributed by atoms with Gasteiger partial charge in [-0.1, -0.05) is 78.9 Å². The molecule has 0 aliphatic heterocycles. The SMILES string of the molecule is Cc1c(C(=O)c2ccccc2)c(C(=O)c2ccccc2)cc2c1[nH]c1ccccc12. The van der Waals surface area contributed by atoms with Gasteiger partial charge in [0, 0.05) is 38.5 Å². The van der Waals surface area contributed by atoms with Crippen LogP contribution in [0.1, 0.15) is 37.4 Å². The zero-order valence-electron chi connectivity index (χ0n) is 16.5. The molecule has 0 saturated carbocycles. The van der Waals surface area contributed by atoms with Crippen molar-refractivity contribution in [3.05, 3.63) is 119 Å². The van der Waals surface area contributed by atoms with Gasteiger partial charge in [0.25, 0.3) is 0 Å². The molecule has 0 saturated heterocycles. The van der Waals surface area contributed by atoms with Crippen LogP contribution < -0.4 is 0 Å². The van der Waals surface area contributed by atoms with Gasteiger partial charge in [-0.2, -0.15) is 0 Å². The number of hydrogen-bond acceptors (Lipinski definition) is 2. The number of aromatic amines is 1. The highest BCUT2D eigenvalue weighted by Gasteiger charge is 2.25. The first-order valence-electron chi connectivity index (χ1n) is 9.88. The van der Waals surface area contributed by atoms with Gasteiger partial charge in [0.15, 0.2) is 11.6 Å². The number of fused-ring (bicyclic) bond motifs is 3. The summed E-state index contributed by atoms with van der Waals surface area (Å²) in [6.07, 6.45) is 0. The monoisotopic (exact) mass is 389 g/mol. The van der Waals surface area contributed by atoms with Crippen LogP contribution in [0.5, 0.6) is 0 Å². The Kier molecular flexibility index (Phi) is 4.29. The molecule has 5 aromatic rings. The number of aryl methyl sites for hydroxylation is 1. The molecule has 3 nitrogen and oxygen atoms in total. The lowest BCUT2D eigenvalue weighted by Crippen LogP contribution is -2.13. The summed E-state index contributed by atoms with van der Waals surface area (Å²) in [6.45, 7) is 1.91. The van der Waals surface area contributed by atoms with Crippen LogP contribution >= 0.6 is 0 Å². The van der Waals surface area contributed by atoms with Gasteiger partial charge in [-0.05, 0) is 24.6 Å². The van der Waals surface area contributed by atoms with E-state index < -0.39 is 0 Å². The fourth-order valence-electron chi connectivity index (χ4n) is 4.10. The van der Waals surface area contributed by atoms with Gasteiger partial charge < -0.3 is 4.98 Å². The van der Waals surface area contributed by atoms with Gasteiger partial charge in [0.2, 0.25) is 0 Å². The Balaban J connectivity index is 1.84. The Hall–Kier alpha value is -3.98. The number of carbonyl (C=O) groups excluding carboxylic acids is 2. The second-order valence-corrected chi connectivity index (χ2v) is 7.41. The van der Waals surface area contributed by atoms with Crippen molar-refractivity contribution in [2.24, 2.45) is 0 Å². The summed E-state index contributed by atoms with van der Waals surface area (Å²) >= 11 is 0. The third-order valence-electron chi connectivity index (χ3n) is 5.60. The summed E-state index contributed by atoms with van der Waals surface area (Å²) in [5.74, 6) is -0.293. The van der Waals surface area contributed by atoms with E-state index in [9.17, 15) is 9.59 Å². The second kappa shape index (κ2) is 7.12. The fraction of sp³-hybridized carbons (Fsp3) is 0.0370. The Morgan fingerprint density at radius 2 is 1.23 bits per heavy atom. The zero-order valence-corrected chi connectivity index (χ0v) is 16.5. The van der Waals surface area contributed by atoms with Crippen LogP contribution in [-0.2, 0) is 0 Å². The van der Waals surface area contributed by atoms with Gasteiger partial charge in [-0.15, -0.1) is 0 Å². The molecule has 30 heavy (non-hydrogen) atoms. The van der Waals surface area contributed by atoms with Gasteiger partial charge >= 0.3 is 0 Å². The van der Waals surface area contributed by atoms with Crippen molar-refractivity contribution >= 4 is 33.4 Å². The molecule has 0 aliphatic carbocycles. The van der Waals surface area contributed by atoms with Crippen LogP contribution in [0, 0.1) is 6.92 Å². The first kappa shape index (κ1) is 18.1. The van der Waals surface area contributed by atoms with E-state index in [0.29, 0.717) is 22.3 Å². The van der Waals surface area contributed by atoms with Crippen LogP contribution in [0.4, 0.5) is 0 Å². The van der Waals surface area contributed by atoms with Crippen molar-refractivity contribution < 1.29 is 9.59 Å². The van der Waals surface area contributed by atoms with Crippen LogP contribution in [0.2, 0.25) is 0 Å². The molecule has 0 atom stereocenters. The zero-order chi connectivity index (χ0) is 20.7. The maximum atomic E-state index is 13.5. The molecule has 1 N–H and O–H groups in total. The van der Waals surface area contributed by atoms with E-state index in [-0.39, 0.29) is 11.6 Å². The number of H-pyrrole nitrogens is 1. The highest BCUT2D eigenvalue weighted by atomic mass is 16.1. The minimum Gasteiger partial charge on any atom is -0.354 e.